The zero-order valence-corrected chi connectivity index (χ0v) is 14.9. The van der Waals surface area contributed by atoms with E-state index in [1.54, 1.807) is 23.7 Å². The first-order valence-electron chi connectivity index (χ1n) is 8.54. The third-order valence-corrected chi connectivity index (χ3v) is 5.47. The van der Waals surface area contributed by atoms with Gasteiger partial charge in [-0.25, -0.2) is 4.98 Å². The van der Waals surface area contributed by atoms with Crippen molar-refractivity contribution in [2.45, 2.75) is 32.1 Å². The van der Waals surface area contributed by atoms with Crippen LogP contribution in [0.4, 0.5) is 5.82 Å². The largest absolute Gasteiger partial charge is 0.372 e. The fourth-order valence-electron chi connectivity index (χ4n) is 3.30. The molecule has 0 spiro atoms. The number of nitrogens with one attached hydrogen (secondary N) is 1. The number of anilines is 1. The highest BCUT2D eigenvalue weighted by molar-refractivity contribution is 7.09. The Labute approximate surface area is 147 Å². The average Bonchev–Trinajstić information content (AvgIpc) is 3.14. The maximum atomic E-state index is 12.5. The van der Waals surface area contributed by atoms with Crippen LogP contribution in [-0.4, -0.2) is 40.9 Å². The lowest BCUT2D eigenvalue weighted by Crippen LogP contribution is -2.40. The molecule has 1 aliphatic heterocycles. The molecule has 0 radical (unpaired) electrons. The first kappa shape index (κ1) is 16.9. The minimum Gasteiger partial charge on any atom is -0.372 e. The van der Waals surface area contributed by atoms with Crippen molar-refractivity contribution in [3.8, 4) is 0 Å². The minimum absolute atomic E-state index is 0.279. The molecule has 1 N–H and O–H groups in total. The van der Waals surface area contributed by atoms with Gasteiger partial charge in [-0.05, 0) is 43.0 Å². The number of aromatic nitrogens is 2. The summed E-state index contributed by atoms with van der Waals surface area (Å²) in [6.45, 7) is 1.72. The maximum absolute atomic E-state index is 12.5. The first-order chi connectivity index (χ1) is 11.8. The normalized spacial score (nSPS) is 17.7. The number of thiophene rings is 1. The van der Waals surface area contributed by atoms with Crippen molar-refractivity contribution in [2.75, 3.05) is 25.5 Å². The predicted molar refractivity (Wildman–Crippen MR) is 97.2 cm³/mol. The zero-order chi connectivity index (χ0) is 16.8. The van der Waals surface area contributed by atoms with Crippen molar-refractivity contribution in [3.05, 3.63) is 40.5 Å². The summed E-state index contributed by atoms with van der Waals surface area (Å²) in [4.78, 5) is 24.6. The van der Waals surface area contributed by atoms with Gasteiger partial charge in [0, 0.05) is 43.8 Å². The van der Waals surface area contributed by atoms with Crippen LogP contribution in [0, 0.1) is 5.92 Å². The van der Waals surface area contributed by atoms with E-state index in [4.69, 9.17) is 0 Å². The Hall–Kier alpha value is -1.95. The van der Waals surface area contributed by atoms with E-state index in [9.17, 15) is 4.79 Å². The van der Waals surface area contributed by atoms with E-state index < -0.39 is 0 Å². The first-order valence-corrected chi connectivity index (χ1v) is 9.42. The average molecular weight is 344 g/mol. The van der Waals surface area contributed by atoms with Crippen LogP contribution in [0.1, 0.15) is 29.8 Å². The summed E-state index contributed by atoms with van der Waals surface area (Å²) in [7, 11) is 1.87. The van der Waals surface area contributed by atoms with E-state index in [-0.39, 0.29) is 5.91 Å². The quantitative estimate of drug-likeness (QED) is 0.875. The van der Waals surface area contributed by atoms with Crippen molar-refractivity contribution < 1.29 is 4.79 Å². The number of hydrogen-bond acceptors (Lipinski definition) is 5. The van der Waals surface area contributed by atoms with Crippen molar-refractivity contribution in [1.29, 1.82) is 0 Å². The van der Waals surface area contributed by atoms with Crippen LogP contribution in [-0.2, 0) is 17.6 Å². The number of aryl methyl sites for hydroxylation is 1. The molecule has 24 heavy (non-hydrogen) atoms. The molecule has 1 atom stereocenters. The Morgan fingerprint density at radius 1 is 1.42 bits per heavy atom. The van der Waals surface area contributed by atoms with Gasteiger partial charge in [-0.15, -0.1) is 11.3 Å². The van der Waals surface area contributed by atoms with Crippen LogP contribution < -0.4 is 5.32 Å². The second kappa shape index (κ2) is 8.24. The molecular weight excluding hydrogens is 320 g/mol. The Morgan fingerprint density at radius 3 is 3.08 bits per heavy atom. The summed E-state index contributed by atoms with van der Waals surface area (Å²) < 4.78 is 0. The summed E-state index contributed by atoms with van der Waals surface area (Å²) in [6, 6.07) is 4.14. The molecule has 1 unspecified atom stereocenters. The van der Waals surface area contributed by atoms with Gasteiger partial charge in [0.2, 0.25) is 5.91 Å². The number of hydrogen-bond donors (Lipinski definition) is 1. The Balaban J connectivity index is 1.54. The van der Waals surface area contributed by atoms with Crippen LogP contribution in [0.15, 0.2) is 29.9 Å². The number of carbonyl (C=O) groups is 1. The second-order valence-corrected chi connectivity index (χ2v) is 7.27. The SMILES string of the molecule is CNc1nccnc1CC1CCCN(C(=O)CCc2cccs2)C1. The number of piperidine rings is 1. The molecule has 0 aromatic carbocycles. The van der Waals surface area contributed by atoms with Gasteiger partial charge in [0.25, 0.3) is 0 Å². The van der Waals surface area contributed by atoms with E-state index in [1.807, 2.05) is 18.0 Å². The van der Waals surface area contributed by atoms with Gasteiger partial charge < -0.3 is 10.2 Å². The molecule has 6 heteroatoms. The van der Waals surface area contributed by atoms with E-state index in [2.05, 4.69) is 26.7 Å². The molecule has 5 nitrogen and oxygen atoms in total. The Kier molecular flexibility index (Phi) is 5.80. The summed E-state index contributed by atoms with van der Waals surface area (Å²) in [5.74, 6) is 1.59. The topological polar surface area (TPSA) is 58.1 Å². The number of amides is 1. The maximum Gasteiger partial charge on any atom is 0.222 e. The molecule has 0 bridgehead atoms. The molecule has 1 amide bonds. The lowest BCUT2D eigenvalue weighted by Gasteiger charge is -2.33. The van der Waals surface area contributed by atoms with Gasteiger partial charge >= 0.3 is 0 Å². The van der Waals surface area contributed by atoms with Gasteiger partial charge in [0.15, 0.2) is 0 Å². The van der Waals surface area contributed by atoms with Gasteiger partial charge in [0.1, 0.15) is 5.82 Å². The van der Waals surface area contributed by atoms with Gasteiger partial charge in [-0.3, -0.25) is 9.78 Å². The van der Waals surface area contributed by atoms with E-state index in [0.717, 1.165) is 50.3 Å². The predicted octanol–water partition coefficient (Wildman–Crippen LogP) is 2.99. The van der Waals surface area contributed by atoms with Crippen LogP contribution in [0.25, 0.3) is 0 Å². The summed E-state index contributed by atoms with van der Waals surface area (Å²) in [6.07, 6.45) is 8.00. The monoisotopic (exact) mass is 344 g/mol. The number of nitrogens with zero attached hydrogens (tertiary/aromatic N) is 3. The molecule has 128 valence electrons. The van der Waals surface area contributed by atoms with E-state index in [1.165, 1.54) is 4.88 Å². The molecular formula is C18H24N4OS. The van der Waals surface area contributed by atoms with Crippen molar-refractivity contribution >= 4 is 23.1 Å². The number of carbonyl (C=O) groups excluding carboxylic acids is 1. The van der Waals surface area contributed by atoms with Gasteiger partial charge in [0.05, 0.1) is 5.69 Å². The van der Waals surface area contributed by atoms with Crippen LogP contribution in [0.3, 0.4) is 0 Å². The highest BCUT2D eigenvalue weighted by Crippen LogP contribution is 2.23. The summed E-state index contributed by atoms with van der Waals surface area (Å²) in [5, 5.41) is 5.17. The third kappa shape index (κ3) is 4.32. The molecule has 0 aliphatic carbocycles. The molecule has 0 saturated carbocycles. The fourth-order valence-corrected chi connectivity index (χ4v) is 4.01. The zero-order valence-electron chi connectivity index (χ0n) is 14.1. The third-order valence-electron chi connectivity index (χ3n) is 4.53. The lowest BCUT2D eigenvalue weighted by atomic mass is 9.93. The van der Waals surface area contributed by atoms with Crippen LogP contribution in [0.5, 0.6) is 0 Å². The van der Waals surface area contributed by atoms with Gasteiger partial charge in [-0.1, -0.05) is 6.07 Å². The van der Waals surface area contributed by atoms with E-state index >= 15 is 0 Å². The highest BCUT2D eigenvalue weighted by atomic mass is 32.1. The van der Waals surface area contributed by atoms with Crippen molar-refractivity contribution in [1.82, 2.24) is 14.9 Å². The molecule has 1 saturated heterocycles. The highest BCUT2D eigenvalue weighted by Gasteiger charge is 2.24. The van der Waals surface area contributed by atoms with Crippen molar-refractivity contribution in [2.24, 2.45) is 5.92 Å². The van der Waals surface area contributed by atoms with Crippen molar-refractivity contribution in [3.63, 3.8) is 0 Å². The molecule has 1 fully saturated rings. The van der Waals surface area contributed by atoms with Crippen LogP contribution >= 0.6 is 11.3 Å². The summed E-state index contributed by atoms with van der Waals surface area (Å²) >= 11 is 1.73. The fraction of sp³-hybridized carbons (Fsp3) is 0.500. The molecule has 3 rings (SSSR count). The van der Waals surface area contributed by atoms with E-state index in [0.29, 0.717) is 12.3 Å². The lowest BCUT2D eigenvalue weighted by molar-refractivity contribution is -0.132. The smallest absolute Gasteiger partial charge is 0.222 e. The molecule has 3 heterocycles. The Morgan fingerprint density at radius 2 is 2.29 bits per heavy atom. The minimum atomic E-state index is 0.279. The standard InChI is InChI=1S/C18H24N4OS/c1-19-18-16(20-8-9-21-18)12-14-4-2-10-22(13-14)17(23)7-6-15-5-3-11-24-15/h3,5,8-9,11,14H,2,4,6-7,10,12-13H2,1H3,(H,19,21). The molecule has 1 aliphatic rings. The summed E-state index contributed by atoms with van der Waals surface area (Å²) in [5.41, 5.74) is 0.998. The number of rotatable bonds is 6. The van der Waals surface area contributed by atoms with Gasteiger partial charge in [-0.2, -0.15) is 0 Å². The van der Waals surface area contributed by atoms with Crippen LogP contribution in [0.2, 0.25) is 0 Å². The second-order valence-electron chi connectivity index (χ2n) is 6.23. The number of likely N-dealkylation sites (tertiary alicyclic amines) is 1. The Bertz CT molecular complexity index is 659. The molecule has 2 aromatic heterocycles. The molecule has 2 aromatic rings.